The number of ether oxygens (including phenoxy) is 1. The molecule has 1 saturated heterocycles. The van der Waals surface area contributed by atoms with Crippen molar-refractivity contribution in [2.75, 3.05) is 13.2 Å². The summed E-state index contributed by atoms with van der Waals surface area (Å²) in [6.07, 6.45) is 2.02. The molecule has 1 aliphatic rings. The Bertz CT molecular complexity index is 367. The van der Waals surface area contributed by atoms with E-state index >= 15 is 0 Å². The largest absolute Gasteiger partial charge is 0.381 e. The molecule has 2 rings (SSSR count). The molecule has 16 heavy (non-hydrogen) atoms. The van der Waals surface area contributed by atoms with Crippen molar-refractivity contribution in [3.63, 3.8) is 0 Å². The van der Waals surface area contributed by atoms with Crippen molar-refractivity contribution < 1.29 is 9.13 Å². The lowest BCUT2D eigenvalue weighted by Crippen LogP contribution is -2.29. The summed E-state index contributed by atoms with van der Waals surface area (Å²) in [5.41, 5.74) is 2.26. The van der Waals surface area contributed by atoms with Gasteiger partial charge >= 0.3 is 0 Å². The maximum atomic E-state index is 13.0. The minimum atomic E-state index is -0.156. The molecule has 0 bridgehead atoms. The van der Waals surface area contributed by atoms with Gasteiger partial charge < -0.3 is 4.74 Å². The Hall–Kier alpha value is -0.410. The number of rotatable bonds is 2. The third kappa shape index (κ3) is 2.83. The maximum absolute atomic E-state index is 13.0. The molecule has 0 saturated carbocycles. The van der Waals surface area contributed by atoms with Crippen LogP contribution in [0.4, 0.5) is 4.39 Å². The Labute approximate surface area is 104 Å². The second kappa shape index (κ2) is 5.28. The van der Waals surface area contributed by atoms with Gasteiger partial charge in [0.25, 0.3) is 0 Å². The molecule has 0 radical (unpaired) electrons. The van der Waals surface area contributed by atoms with E-state index < -0.39 is 0 Å². The van der Waals surface area contributed by atoms with Gasteiger partial charge in [0.05, 0.1) is 6.61 Å². The van der Waals surface area contributed by atoms with Crippen LogP contribution in [-0.2, 0) is 11.2 Å². The molecule has 2 atom stereocenters. The normalized spacial score (nSPS) is 25.7. The Morgan fingerprint density at radius 1 is 1.50 bits per heavy atom. The van der Waals surface area contributed by atoms with Crippen LogP contribution in [0.25, 0.3) is 0 Å². The summed E-state index contributed by atoms with van der Waals surface area (Å²) in [7, 11) is 0. The van der Waals surface area contributed by atoms with Crippen LogP contribution in [0.15, 0.2) is 18.2 Å². The van der Waals surface area contributed by atoms with Crippen molar-refractivity contribution in [2.45, 2.75) is 24.6 Å². The van der Waals surface area contributed by atoms with Gasteiger partial charge in [-0.2, -0.15) is 0 Å². The highest BCUT2D eigenvalue weighted by atomic mass is 79.9. The topological polar surface area (TPSA) is 9.23 Å². The van der Waals surface area contributed by atoms with Crippen LogP contribution in [0.1, 0.15) is 17.5 Å². The van der Waals surface area contributed by atoms with Gasteiger partial charge in [-0.15, -0.1) is 0 Å². The molecule has 0 spiro atoms. The second-order valence-electron chi connectivity index (χ2n) is 4.41. The summed E-state index contributed by atoms with van der Waals surface area (Å²) in [5.74, 6) is 0.342. The number of alkyl halides is 1. The van der Waals surface area contributed by atoms with E-state index in [1.165, 1.54) is 11.6 Å². The van der Waals surface area contributed by atoms with Crippen molar-refractivity contribution in [1.82, 2.24) is 0 Å². The maximum Gasteiger partial charge on any atom is 0.123 e. The fourth-order valence-corrected chi connectivity index (χ4v) is 2.65. The van der Waals surface area contributed by atoms with Crippen molar-refractivity contribution in [3.8, 4) is 0 Å². The Morgan fingerprint density at radius 2 is 2.31 bits per heavy atom. The van der Waals surface area contributed by atoms with Crippen LogP contribution in [0, 0.1) is 18.7 Å². The first-order valence-corrected chi connectivity index (χ1v) is 6.55. The van der Waals surface area contributed by atoms with Gasteiger partial charge in [-0.25, -0.2) is 4.39 Å². The van der Waals surface area contributed by atoms with Crippen LogP contribution in [0.3, 0.4) is 0 Å². The molecule has 0 amide bonds. The van der Waals surface area contributed by atoms with Gasteiger partial charge in [-0.05, 0) is 48.9 Å². The fraction of sp³-hybridized carbons (Fsp3) is 0.538. The van der Waals surface area contributed by atoms with Gasteiger partial charge in [-0.1, -0.05) is 22.0 Å². The zero-order valence-corrected chi connectivity index (χ0v) is 11.0. The molecule has 0 aliphatic carbocycles. The minimum Gasteiger partial charge on any atom is -0.381 e. The molecular formula is C13H16BrFO. The molecule has 88 valence electrons. The van der Waals surface area contributed by atoms with E-state index in [0.29, 0.717) is 10.7 Å². The van der Waals surface area contributed by atoms with Crippen LogP contribution in [-0.4, -0.2) is 18.0 Å². The van der Waals surface area contributed by atoms with Crippen LogP contribution in [0.5, 0.6) is 0 Å². The summed E-state index contributed by atoms with van der Waals surface area (Å²) in [6.45, 7) is 3.60. The lowest BCUT2D eigenvalue weighted by molar-refractivity contribution is 0.0605. The van der Waals surface area contributed by atoms with Crippen LogP contribution in [0.2, 0.25) is 0 Å². The third-order valence-electron chi connectivity index (χ3n) is 3.17. The molecule has 3 heteroatoms. The molecule has 1 fully saturated rings. The first-order chi connectivity index (χ1) is 7.66. The van der Waals surface area contributed by atoms with Crippen LogP contribution >= 0.6 is 15.9 Å². The average Bonchev–Trinajstić information content (AvgIpc) is 2.25. The summed E-state index contributed by atoms with van der Waals surface area (Å²) in [4.78, 5) is 0.519. The molecular weight excluding hydrogens is 271 g/mol. The SMILES string of the molecule is Cc1cc(F)ccc1CC1COCCC1Br. The first kappa shape index (κ1) is 12.1. The van der Waals surface area contributed by atoms with Crippen LogP contribution < -0.4 is 0 Å². The standard InChI is InChI=1S/C13H16BrFO/c1-9-6-12(15)3-2-10(9)7-11-8-16-5-4-13(11)14/h2-3,6,11,13H,4-5,7-8H2,1H3. The number of hydrogen-bond acceptors (Lipinski definition) is 1. The molecule has 0 aromatic heterocycles. The highest BCUT2D eigenvalue weighted by molar-refractivity contribution is 9.09. The zero-order valence-electron chi connectivity index (χ0n) is 9.38. The van der Waals surface area contributed by atoms with Crippen molar-refractivity contribution >= 4 is 15.9 Å². The van der Waals surface area contributed by atoms with Gasteiger partial charge in [-0.3, -0.25) is 0 Å². The summed E-state index contributed by atoms with van der Waals surface area (Å²) in [6, 6.07) is 5.02. The quantitative estimate of drug-likeness (QED) is 0.757. The van der Waals surface area contributed by atoms with E-state index in [-0.39, 0.29) is 5.82 Å². The fourth-order valence-electron chi connectivity index (χ4n) is 2.13. The van der Waals surface area contributed by atoms with E-state index in [9.17, 15) is 4.39 Å². The summed E-state index contributed by atoms with van der Waals surface area (Å²) in [5, 5.41) is 0. The molecule has 1 aromatic carbocycles. The molecule has 1 heterocycles. The predicted octanol–water partition coefficient (Wildman–Crippen LogP) is 3.48. The van der Waals surface area contributed by atoms with Crippen molar-refractivity contribution in [2.24, 2.45) is 5.92 Å². The lowest BCUT2D eigenvalue weighted by atomic mass is 9.92. The van der Waals surface area contributed by atoms with E-state index in [1.807, 2.05) is 13.0 Å². The van der Waals surface area contributed by atoms with Gasteiger partial charge in [0.1, 0.15) is 5.82 Å². The van der Waals surface area contributed by atoms with Crippen molar-refractivity contribution in [3.05, 3.63) is 35.1 Å². The molecule has 1 aromatic rings. The van der Waals surface area contributed by atoms with E-state index in [1.54, 1.807) is 6.07 Å². The Kier molecular flexibility index (Phi) is 3.98. The smallest absolute Gasteiger partial charge is 0.123 e. The van der Waals surface area contributed by atoms with E-state index in [0.717, 1.165) is 31.6 Å². The molecule has 1 nitrogen and oxygen atoms in total. The second-order valence-corrected chi connectivity index (χ2v) is 5.59. The summed E-state index contributed by atoms with van der Waals surface area (Å²) >= 11 is 3.70. The number of halogens is 2. The number of aryl methyl sites for hydroxylation is 1. The van der Waals surface area contributed by atoms with E-state index in [2.05, 4.69) is 15.9 Å². The number of hydrogen-bond donors (Lipinski definition) is 0. The minimum absolute atomic E-state index is 0.156. The highest BCUT2D eigenvalue weighted by Crippen LogP contribution is 2.26. The Morgan fingerprint density at radius 3 is 3.00 bits per heavy atom. The van der Waals surface area contributed by atoms with Crippen molar-refractivity contribution in [1.29, 1.82) is 0 Å². The lowest BCUT2D eigenvalue weighted by Gasteiger charge is -2.28. The van der Waals surface area contributed by atoms with E-state index in [4.69, 9.17) is 4.74 Å². The molecule has 2 unspecified atom stereocenters. The van der Waals surface area contributed by atoms with Gasteiger partial charge in [0.2, 0.25) is 0 Å². The zero-order chi connectivity index (χ0) is 11.5. The molecule has 0 N–H and O–H groups in total. The average molecular weight is 287 g/mol. The van der Waals surface area contributed by atoms with Gasteiger partial charge in [0.15, 0.2) is 0 Å². The third-order valence-corrected chi connectivity index (χ3v) is 4.37. The predicted molar refractivity (Wildman–Crippen MR) is 66.5 cm³/mol. The van der Waals surface area contributed by atoms with Gasteiger partial charge in [0, 0.05) is 11.4 Å². The summed E-state index contributed by atoms with van der Waals surface area (Å²) < 4.78 is 18.5. The highest BCUT2D eigenvalue weighted by Gasteiger charge is 2.23. The number of benzene rings is 1. The first-order valence-electron chi connectivity index (χ1n) is 5.63. The Balaban J connectivity index is 2.07. The monoisotopic (exact) mass is 286 g/mol. The molecule has 1 aliphatic heterocycles.